The number of carbonyl (C=O) groups is 2. The quantitative estimate of drug-likeness (QED) is 0.745. The van der Waals surface area contributed by atoms with Crippen molar-refractivity contribution in [2.75, 3.05) is 19.6 Å². The summed E-state index contributed by atoms with van der Waals surface area (Å²) in [6.45, 7) is 5.44. The topological polar surface area (TPSA) is 79.5 Å². The number of benzene rings is 1. The minimum absolute atomic E-state index is 0.0705. The van der Waals surface area contributed by atoms with Gasteiger partial charge in [0.05, 0.1) is 0 Å². The molecule has 0 saturated carbocycles. The van der Waals surface area contributed by atoms with Crippen LogP contribution in [0.15, 0.2) is 47.5 Å². The van der Waals surface area contributed by atoms with Crippen molar-refractivity contribution in [2.24, 2.45) is 5.92 Å². The Balaban J connectivity index is 1.42. The average molecular weight is 380 g/mol. The van der Waals surface area contributed by atoms with Gasteiger partial charge in [0, 0.05) is 37.5 Å². The molecule has 1 atom stereocenters. The third kappa shape index (κ3) is 3.69. The highest BCUT2D eigenvalue weighted by Crippen LogP contribution is 2.33. The van der Waals surface area contributed by atoms with Crippen LogP contribution in [0.25, 0.3) is 11.4 Å². The molecule has 0 aliphatic carbocycles. The van der Waals surface area contributed by atoms with Crippen molar-refractivity contribution in [1.29, 1.82) is 0 Å². The second kappa shape index (κ2) is 7.96. The van der Waals surface area contributed by atoms with Gasteiger partial charge in [-0.2, -0.15) is 4.98 Å². The normalized spacial score (nSPS) is 19.9. The van der Waals surface area contributed by atoms with Gasteiger partial charge in [-0.05, 0) is 25.3 Å². The van der Waals surface area contributed by atoms with E-state index in [0.29, 0.717) is 37.8 Å². The van der Waals surface area contributed by atoms with Crippen molar-refractivity contribution in [3.63, 3.8) is 0 Å². The lowest BCUT2D eigenvalue weighted by Crippen LogP contribution is -2.51. The molecule has 1 aromatic carbocycles. The van der Waals surface area contributed by atoms with Gasteiger partial charge in [-0.1, -0.05) is 42.1 Å². The maximum Gasteiger partial charge on any atom is 0.249 e. The second-order valence-corrected chi connectivity index (χ2v) is 7.44. The maximum absolute atomic E-state index is 12.9. The molecule has 1 aromatic heterocycles. The summed E-state index contributed by atoms with van der Waals surface area (Å²) < 4.78 is 5.53. The molecule has 0 spiro atoms. The molecular formula is C21H24N4O3. The highest BCUT2D eigenvalue weighted by Gasteiger charge is 2.36. The smallest absolute Gasteiger partial charge is 0.249 e. The number of nitrogens with zero attached hydrogens (tertiary/aromatic N) is 4. The summed E-state index contributed by atoms with van der Waals surface area (Å²) in [6.07, 6.45) is 4.60. The van der Waals surface area contributed by atoms with E-state index in [1.165, 1.54) is 6.08 Å². The fourth-order valence-electron chi connectivity index (χ4n) is 3.93. The third-order valence-electron chi connectivity index (χ3n) is 5.49. The Kier molecular flexibility index (Phi) is 5.23. The van der Waals surface area contributed by atoms with Crippen LogP contribution in [0.4, 0.5) is 0 Å². The van der Waals surface area contributed by atoms with Gasteiger partial charge in [0.1, 0.15) is 6.04 Å². The molecule has 0 N–H and O–H groups in total. The molecule has 2 aromatic rings. The number of piperidine rings is 1. The number of rotatable bonds is 5. The minimum Gasteiger partial charge on any atom is -0.338 e. The van der Waals surface area contributed by atoms with E-state index in [1.807, 2.05) is 35.2 Å². The van der Waals surface area contributed by atoms with Crippen LogP contribution in [0.2, 0.25) is 0 Å². The van der Waals surface area contributed by atoms with Crippen LogP contribution in [0, 0.1) is 5.92 Å². The summed E-state index contributed by atoms with van der Waals surface area (Å²) in [5, 5.41) is 4.10. The number of aromatic nitrogens is 2. The number of carbonyl (C=O) groups excluding carboxylic acids is 2. The molecule has 1 unspecified atom stereocenters. The van der Waals surface area contributed by atoms with Crippen LogP contribution in [0.3, 0.4) is 0 Å². The first-order chi connectivity index (χ1) is 13.7. The lowest BCUT2D eigenvalue weighted by atomic mass is 9.93. The zero-order valence-electron chi connectivity index (χ0n) is 15.8. The van der Waals surface area contributed by atoms with Crippen LogP contribution in [0.5, 0.6) is 0 Å². The standard InChI is InChI=1S/C21H24N4O3/c1-2-18(26)24-13-15(14-24)12-19(27)25-11-7-6-10-17(25)21-22-20(23-28-21)16-8-4-3-5-9-16/h2-5,8-9,15,17H,1,6-7,10-14H2. The van der Waals surface area contributed by atoms with Crippen LogP contribution in [-0.4, -0.2) is 51.4 Å². The molecule has 2 saturated heterocycles. The SMILES string of the molecule is C=CC(=O)N1CC(CC(=O)N2CCCCC2c2nc(-c3ccccc3)no2)C1. The van der Waals surface area contributed by atoms with Crippen molar-refractivity contribution in [3.05, 3.63) is 48.9 Å². The van der Waals surface area contributed by atoms with Gasteiger partial charge in [0.2, 0.25) is 23.5 Å². The summed E-state index contributed by atoms with van der Waals surface area (Å²) >= 11 is 0. The zero-order valence-corrected chi connectivity index (χ0v) is 15.8. The molecule has 0 bridgehead atoms. The third-order valence-corrected chi connectivity index (χ3v) is 5.49. The van der Waals surface area contributed by atoms with Gasteiger partial charge >= 0.3 is 0 Å². The lowest BCUT2D eigenvalue weighted by Gasteiger charge is -2.40. The van der Waals surface area contributed by atoms with Crippen LogP contribution in [0.1, 0.15) is 37.6 Å². The van der Waals surface area contributed by atoms with Gasteiger partial charge in [0.25, 0.3) is 0 Å². The van der Waals surface area contributed by atoms with Crippen molar-refractivity contribution < 1.29 is 14.1 Å². The highest BCUT2D eigenvalue weighted by atomic mass is 16.5. The first-order valence-corrected chi connectivity index (χ1v) is 9.75. The molecule has 0 radical (unpaired) electrons. The molecule has 2 aliphatic rings. The molecule has 7 nitrogen and oxygen atoms in total. The molecule has 2 aliphatic heterocycles. The summed E-state index contributed by atoms with van der Waals surface area (Å²) in [4.78, 5) is 32.6. The van der Waals surface area contributed by atoms with Crippen molar-refractivity contribution >= 4 is 11.8 Å². The van der Waals surface area contributed by atoms with E-state index >= 15 is 0 Å². The Morgan fingerprint density at radius 2 is 2.00 bits per heavy atom. The summed E-state index contributed by atoms with van der Waals surface area (Å²) in [5.74, 6) is 1.29. The predicted molar refractivity (Wildman–Crippen MR) is 103 cm³/mol. The molecule has 2 amide bonds. The van der Waals surface area contributed by atoms with Gasteiger partial charge < -0.3 is 14.3 Å². The van der Waals surface area contributed by atoms with Crippen molar-refractivity contribution in [2.45, 2.75) is 31.7 Å². The number of likely N-dealkylation sites (tertiary alicyclic amines) is 2. The molecule has 2 fully saturated rings. The van der Waals surface area contributed by atoms with E-state index in [1.54, 1.807) is 4.90 Å². The fraction of sp³-hybridized carbons (Fsp3) is 0.429. The summed E-state index contributed by atoms with van der Waals surface area (Å²) in [6, 6.07) is 9.51. The van der Waals surface area contributed by atoms with Gasteiger partial charge in [-0.25, -0.2) is 0 Å². The predicted octanol–water partition coefficient (Wildman–Crippen LogP) is 2.82. The van der Waals surface area contributed by atoms with Gasteiger partial charge in [-0.3, -0.25) is 9.59 Å². The highest BCUT2D eigenvalue weighted by molar-refractivity contribution is 5.88. The van der Waals surface area contributed by atoms with E-state index in [4.69, 9.17) is 4.52 Å². The molecular weight excluding hydrogens is 356 g/mol. The summed E-state index contributed by atoms with van der Waals surface area (Å²) in [7, 11) is 0. The Morgan fingerprint density at radius 1 is 1.21 bits per heavy atom. The second-order valence-electron chi connectivity index (χ2n) is 7.44. The average Bonchev–Trinajstić information content (AvgIpc) is 3.20. The number of hydrogen-bond donors (Lipinski definition) is 0. The maximum atomic E-state index is 12.9. The van der Waals surface area contributed by atoms with Crippen LogP contribution in [-0.2, 0) is 9.59 Å². The molecule has 28 heavy (non-hydrogen) atoms. The fourth-order valence-corrected chi connectivity index (χ4v) is 3.93. The largest absolute Gasteiger partial charge is 0.338 e. The van der Waals surface area contributed by atoms with Gasteiger partial charge in [-0.15, -0.1) is 0 Å². The van der Waals surface area contributed by atoms with E-state index in [9.17, 15) is 9.59 Å². The van der Waals surface area contributed by atoms with E-state index in [2.05, 4.69) is 16.7 Å². The number of hydrogen-bond acceptors (Lipinski definition) is 5. The first kappa shape index (κ1) is 18.4. The van der Waals surface area contributed by atoms with Gasteiger partial charge in [0.15, 0.2) is 0 Å². The monoisotopic (exact) mass is 380 g/mol. The Morgan fingerprint density at radius 3 is 2.75 bits per heavy atom. The van der Waals surface area contributed by atoms with Crippen LogP contribution < -0.4 is 0 Å². The molecule has 146 valence electrons. The zero-order chi connectivity index (χ0) is 19.5. The Bertz CT molecular complexity index is 858. The Labute approximate surface area is 164 Å². The molecule has 3 heterocycles. The number of amides is 2. The van der Waals surface area contributed by atoms with Crippen molar-refractivity contribution in [1.82, 2.24) is 19.9 Å². The minimum atomic E-state index is -0.169. The molecule has 7 heteroatoms. The van der Waals surface area contributed by atoms with E-state index < -0.39 is 0 Å². The van der Waals surface area contributed by atoms with Crippen molar-refractivity contribution in [3.8, 4) is 11.4 Å². The lowest BCUT2D eigenvalue weighted by molar-refractivity contribution is -0.141. The van der Waals surface area contributed by atoms with E-state index in [0.717, 1.165) is 24.8 Å². The van der Waals surface area contributed by atoms with Crippen LogP contribution >= 0.6 is 0 Å². The Hall–Kier alpha value is -2.96. The summed E-state index contributed by atoms with van der Waals surface area (Å²) in [5.41, 5.74) is 0.896. The first-order valence-electron chi connectivity index (χ1n) is 9.75. The molecule has 4 rings (SSSR count). The van der Waals surface area contributed by atoms with E-state index in [-0.39, 0.29) is 23.8 Å².